The molecule has 0 saturated carbocycles. The number of carbonyl (C=O) groups is 1. The molecular formula is C23H27N3O. The Morgan fingerprint density at radius 3 is 2.37 bits per heavy atom. The van der Waals surface area contributed by atoms with Crippen LogP contribution in [0.15, 0.2) is 54.6 Å². The summed E-state index contributed by atoms with van der Waals surface area (Å²) in [6.07, 6.45) is 0. The van der Waals surface area contributed by atoms with Gasteiger partial charge in [0, 0.05) is 11.6 Å². The molecule has 0 aliphatic heterocycles. The maximum absolute atomic E-state index is 13.0. The molecule has 0 bridgehead atoms. The van der Waals surface area contributed by atoms with E-state index in [0.29, 0.717) is 11.6 Å². The standard InChI is InChI=1S/C23H27N3O/c1-15(2)18(5)24-23(27)22-14-20(19-9-7-6-8-10-19)25-26(22)21-13-16(3)11-12-17(21)4/h6-15,18H,1-5H3,(H,24,27). The van der Waals surface area contributed by atoms with Crippen LogP contribution >= 0.6 is 0 Å². The molecule has 0 fully saturated rings. The predicted octanol–water partition coefficient (Wildman–Crippen LogP) is 4.93. The van der Waals surface area contributed by atoms with E-state index in [1.165, 1.54) is 0 Å². The second kappa shape index (κ2) is 7.78. The molecule has 140 valence electrons. The second-order valence-electron chi connectivity index (χ2n) is 7.49. The fourth-order valence-corrected chi connectivity index (χ4v) is 2.87. The van der Waals surface area contributed by atoms with Gasteiger partial charge in [0.05, 0.1) is 11.4 Å². The third kappa shape index (κ3) is 4.11. The predicted molar refractivity (Wildman–Crippen MR) is 110 cm³/mol. The Morgan fingerprint density at radius 1 is 1.00 bits per heavy atom. The van der Waals surface area contributed by atoms with Gasteiger partial charge in [-0.15, -0.1) is 0 Å². The van der Waals surface area contributed by atoms with E-state index in [1.54, 1.807) is 4.68 Å². The Balaban J connectivity index is 2.11. The quantitative estimate of drug-likeness (QED) is 0.700. The van der Waals surface area contributed by atoms with E-state index in [0.717, 1.165) is 28.1 Å². The number of nitrogens with zero attached hydrogens (tertiary/aromatic N) is 2. The van der Waals surface area contributed by atoms with Crippen LogP contribution in [0.1, 0.15) is 42.4 Å². The number of hydrogen-bond acceptors (Lipinski definition) is 2. The number of amides is 1. The van der Waals surface area contributed by atoms with Crippen molar-refractivity contribution in [2.45, 2.75) is 40.7 Å². The van der Waals surface area contributed by atoms with Crippen molar-refractivity contribution in [1.82, 2.24) is 15.1 Å². The zero-order valence-electron chi connectivity index (χ0n) is 16.7. The van der Waals surface area contributed by atoms with Gasteiger partial charge in [-0.2, -0.15) is 5.10 Å². The average Bonchev–Trinajstić information content (AvgIpc) is 3.09. The first-order valence-corrected chi connectivity index (χ1v) is 9.41. The molecule has 0 saturated heterocycles. The molecule has 0 aliphatic rings. The summed E-state index contributed by atoms with van der Waals surface area (Å²) in [6, 6.07) is 18.1. The monoisotopic (exact) mass is 361 g/mol. The summed E-state index contributed by atoms with van der Waals surface area (Å²) >= 11 is 0. The molecule has 1 unspecified atom stereocenters. The summed E-state index contributed by atoms with van der Waals surface area (Å²) in [5.41, 5.74) is 5.48. The molecule has 1 atom stereocenters. The normalized spacial score (nSPS) is 12.2. The average molecular weight is 361 g/mol. The number of aryl methyl sites for hydroxylation is 2. The lowest BCUT2D eigenvalue weighted by Gasteiger charge is -2.18. The first kappa shape index (κ1) is 18.9. The molecule has 0 radical (unpaired) electrons. The maximum Gasteiger partial charge on any atom is 0.270 e. The fraction of sp³-hybridized carbons (Fsp3) is 0.304. The summed E-state index contributed by atoms with van der Waals surface area (Å²) in [7, 11) is 0. The molecule has 1 aromatic heterocycles. The number of hydrogen-bond donors (Lipinski definition) is 1. The minimum absolute atomic E-state index is 0.0830. The lowest BCUT2D eigenvalue weighted by Crippen LogP contribution is -2.37. The lowest BCUT2D eigenvalue weighted by molar-refractivity contribution is 0.0922. The minimum Gasteiger partial charge on any atom is -0.348 e. The third-order valence-electron chi connectivity index (χ3n) is 4.96. The van der Waals surface area contributed by atoms with Crippen LogP contribution in [-0.4, -0.2) is 21.7 Å². The number of nitrogens with one attached hydrogen (secondary N) is 1. The highest BCUT2D eigenvalue weighted by atomic mass is 16.2. The highest BCUT2D eigenvalue weighted by Crippen LogP contribution is 2.24. The topological polar surface area (TPSA) is 46.9 Å². The van der Waals surface area contributed by atoms with Gasteiger partial charge in [-0.25, -0.2) is 4.68 Å². The molecule has 1 N–H and O–H groups in total. The van der Waals surface area contributed by atoms with Crippen LogP contribution in [0.4, 0.5) is 0 Å². The molecular weight excluding hydrogens is 334 g/mol. The van der Waals surface area contributed by atoms with Crippen LogP contribution in [0.3, 0.4) is 0 Å². The molecule has 1 amide bonds. The van der Waals surface area contributed by atoms with Crippen molar-refractivity contribution < 1.29 is 4.79 Å². The largest absolute Gasteiger partial charge is 0.348 e. The van der Waals surface area contributed by atoms with Crippen LogP contribution < -0.4 is 5.32 Å². The van der Waals surface area contributed by atoms with Crippen LogP contribution in [0, 0.1) is 19.8 Å². The summed E-state index contributed by atoms with van der Waals surface area (Å²) in [5.74, 6) is 0.256. The maximum atomic E-state index is 13.0. The number of aromatic nitrogens is 2. The van der Waals surface area contributed by atoms with Crippen molar-refractivity contribution in [3.05, 3.63) is 71.4 Å². The zero-order chi connectivity index (χ0) is 19.6. The van der Waals surface area contributed by atoms with E-state index < -0.39 is 0 Å². The van der Waals surface area contributed by atoms with Crippen molar-refractivity contribution >= 4 is 5.91 Å². The Hall–Kier alpha value is -2.88. The fourth-order valence-electron chi connectivity index (χ4n) is 2.87. The van der Waals surface area contributed by atoms with Crippen molar-refractivity contribution in [1.29, 1.82) is 0 Å². The van der Waals surface area contributed by atoms with Gasteiger partial charge in [0.2, 0.25) is 0 Å². The first-order chi connectivity index (χ1) is 12.9. The van der Waals surface area contributed by atoms with Crippen molar-refractivity contribution in [2.24, 2.45) is 5.92 Å². The summed E-state index contributed by atoms with van der Waals surface area (Å²) in [4.78, 5) is 13.0. The van der Waals surface area contributed by atoms with E-state index in [2.05, 4.69) is 37.4 Å². The van der Waals surface area contributed by atoms with Gasteiger partial charge in [0.25, 0.3) is 5.91 Å². The lowest BCUT2D eigenvalue weighted by atomic mass is 10.1. The van der Waals surface area contributed by atoms with E-state index in [1.807, 2.05) is 57.2 Å². The molecule has 2 aromatic carbocycles. The van der Waals surface area contributed by atoms with Crippen molar-refractivity contribution in [3.8, 4) is 16.9 Å². The smallest absolute Gasteiger partial charge is 0.270 e. The van der Waals surface area contributed by atoms with Gasteiger partial charge in [-0.3, -0.25) is 4.79 Å². The number of carbonyl (C=O) groups excluding carboxylic acids is 1. The zero-order valence-corrected chi connectivity index (χ0v) is 16.7. The van der Waals surface area contributed by atoms with Crippen LogP contribution in [0.5, 0.6) is 0 Å². The van der Waals surface area contributed by atoms with Gasteiger partial charge >= 0.3 is 0 Å². The molecule has 1 heterocycles. The van der Waals surface area contributed by atoms with Crippen LogP contribution in [0.2, 0.25) is 0 Å². The minimum atomic E-state index is -0.105. The van der Waals surface area contributed by atoms with Gasteiger partial charge in [0.1, 0.15) is 5.69 Å². The highest BCUT2D eigenvalue weighted by molar-refractivity contribution is 5.94. The van der Waals surface area contributed by atoms with E-state index in [9.17, 15) is 4.79 Å². The Labute approximate surface area is 161 Å². The summed E-state index contributed by atoms with van der Waals surface area (Å²) in [5, 5.41) is 7.89. The molecule has 27 heavy (non-hydrogen) atoms. The highest BCUT2D eigenvalue weighted by Gasteiger charge is 2.21. The van der Waals surface area contributed by atoms with Gasteiger partial charge in [-0.1, -0.05) is 56.3 Å². The Bertz CT molecular complexity index is 942. The summed E-state index contributed by atoms with van der Waals surface area (Å²) < 4.78 is 1.77. The molecule has 3 aromatic rings. The Kier molecular flexibility index (Phi) is 5.45. The second-order valence-corrected chi connectivity index (χ2v) is 7.49. The molecule has 4 heteroatoms. The third-order valence-corrected chi connectivity index (χ3v) is 4.96. The molecule has 0 aliphatic carbocycles. The van der Waals surface area contributed by atoms with Crippen molar-refractivity contribution in [3.63, 3.8) is 0 Å². The molecule has 4 nitrogen and oxygen atoms in total. The molecule has 0 spiro atoms. The molecule has 3 rings (SSSR count). The summed E-state index contributed by atoms with van der Waals surface area (Å²) in [6.45, 7) is 10.3. The van der Waals surface area contributed by atoms with Crippen LogP contribution in [0.25, 0.3) is 16.9 Å². The van der Waals surface area contributed by atoms with E-state index in [4.69, 9.17) is 5.10 Å². The van der Waals surface area contributed by atoms with E-state index >= 15 is 0 Å². The van der Waals surface area contributed by atoms with Crippen LogP contribution in [-0.2, 0) is 0 Å². The van der Waals surface area contributed by atoms with Gasteiger partial charge in [-0.05, 0) is 49.9 Å². The number of rotatable bonds is 5. The van der Waals surface area contributed by atoms with Crippen molar-refractivity contribution in [2.75, 3.05) is 0 Å². The van der Waals surface area contributed by atoms with Gasteiger partial charge in [0.15, 0.2) is 0 Å². The Morgan fingerprint density at radius 2 is 1.70 bits per heavy atom. The van der Waals surface area contributed by atoms with Gasteiger partial charge < -0.3 is 5.32 Å². The SMILES string of the molecule is Cc1ccc(C)c(-n2nc(-c3ccccc3)cc2C(=O)NC(C)C(C)C)c1. The first-order valence-electron chi connectivity index (χ1n) is 9.41. The van der Waals surface area contributed by atoms with E-state index in [-0.39, 0.29) is 11.9 Å². The number of benzene rings is 2.